The lowest BCUT2D eigenvalue weighted by Crippen LogP contribution is -2.44. The first-order valence-electron chi connectivity index (χ1n) is 14.3. The number of carbonyl (C=O) groups excluding carboxylic acids is 3. The van der Waals surface area contributed by atoms with E-state index >= 15 is 0 Å². The van der Waals surface area contributed by atoms with E-state index in [-0.39, 0.29) is 36.4 Å². The largest absolute Gasteiger partial charge is 0.350 e. The van der Waals surface area contributed by atoms with Crippen molar-refractivity contribution in [1.29, 1.82) is 0 Å². The quantitative estimate of drug-likeness (QED) is 0.361. The van der Waals surface area contributed by atoms with Crippen LogP contribution in [0.25, 0.3) is 0 Å². The smallest absolute Gasteiger partial charge is 0.246 e. The van der Waals surface area contributed by atoms with Crippen molar-refractivity contribution in [2.24, 2.45) is 5.92 Å². The molecule has 0 bridgehead atoms. The molecule has 1 saturated heterocycles. The number of hydrogen-bond donors (Lipinski definition) is 2. The highest BCUT2D eigenvalue weighted by molar-refractivity contribution is 5.93. The van der Waals surface area contributed by atoms with Gasteiger partial charge in [-0.05, 0) is 58.7 Å². The van der Waals surface area contributed by atoms with E-state index in [1.54, 1.807) is 18.9 Å². The first-order valence-corrected chi connectivity index (χ1v) is 14.3. The standard InChI is InChI=1S/C20H35N3O3.C6H13N.C3H8/c1-15(2)18(23(4)19(25)13-21-14-24)12-16(3)20(26)22-17-10-8-6-5-7-9-11-17;1-7-5-3-2-4-6-7;1-3-2/h12,14-15,17-18H,5-11,13H2,1-4H3,(H,21,24)(H,22,26);2-6H2,1H3;3H2,1-2H3/b16-12+;;. The van der Waals surface area contributed by atoms with Gasteiger partial charge in [0.1, 0.15) is 0 Å². The molecule has 2 N–H and O–H groups in total. The number of rotatable bonds is 8. The molecule has 36 heavy (non-hydrogen) atoms. The van der Waals surface area contributed by atoms with Crippen LogP contribution in [0, 0.1) is 5.92 Å². The van der Waals surface area contributed by atoms with Crippen molar-refractivity contribution in [1.82, 2.24) is 20.4 Å². The van der Waals surface area contributed by atoms with Crippen molar-refractivity contribution in [2.45, 2.75) is 117 Å². The Morgan fingerprint density at radius 1 is 0.972 bits per heavy atom. The third-order valence-corrected chi connectivity index (χ3v) is 6.66. The fraction of sp³-hybridized carbons (Fsp3) is 0.828. The molecule has 7 heteroatoms. The minimum Gasteiger partial charge on any atom is -0.350 e. The van der Waals surface area contributed by atoms with E-state index in [4.69, 9.17) is 0 Å². The summed E-state index contributed by atoms with van der Waals surface area (Å²) in [4.78, 5) is 39.1. The Bertz CT molecular complexity index is 622. The van der Waals surface area contributed by atoms with E-state index in [0.29, 0.717) is 12.0 Å². The van der Waals surface area contributed by atoms with Crippen LogP contribution in [0.2, 0.25) is 0 Å². The molecule has 1 heterocycles. The van der Waals surface area contributed by atoms with E-state index in [1.165, 1.54) is 70.9 Å². The molecule has 1 saturated carbocycles. The zero-order chi connectivity index (χ0) is 27.3. The fourth-order valence-corrected chi connectivity index (χ4v) is 4.45. The second-order valence-corrected chi connectivity index (χ2v) is 10.7. The molecule has 3 amide bonds. The van der Waals surface area contributed by atoms with E-state index in [0.717, 1.165) is 12.8 Å². The Morgan fingerprint density at radius 2 is 1.47 bits per heavy atom. The number of nitrogens with zero attached hydrogens (tertiary/aromatic N) is 2. The molecule has 1 aliphatic heterocycles. The van der Waals surface area contributed by atoms with Crippen LogP contribution in [0.3, 0.4) is 0 Å². The van der Waals surface area contributed by atoms with Crippen LogP contribution in [-0.2, 0) is 14.4 Å². The van der Waals surface area contributed by atoms with Gasteiger partial charge in [0.05, 0.1) is 12.6 Å². The highest BCUT2D eigenvalue weighted by Gasteiger charge is 2.23. The maximum Gasteiger partial charge on any atom is 0.246 e. The molecule has 0 aromatic carbocycles. The Balaban J connectivity index is 0.00000102. The predicted molar refractivity (Wildman–Crippen MR) is 151 cm³/mol. The van der Waals surface area contributed by atoms with Crippen LogP contribution in [0.15, 0.2) is 11.6 Å². The summed E-state index contributed by atoms with van der Waals surface area (Å²) >= 11 is 0. The third kappa shape index (κ3) is 16.0. The van der Waals surface area contributed by atoms with Crippen LogP contribution in [0.4, 0.5) is 0 Å². The van der Waals surface area contributed by atoms with Gasteiger partial charge in [0, 0.05) is 18.7 Å². The summed E-state index contributed by atoms with van der Waals surface area (Å²) in [6.45, 7) is 12.7. The molecule has 0 spiro atoms. The van der Waals surface area contributed by atoms with Gasteiger partial charge >= 0.3 is 0 Å². The van der Waals surface area contributed by atoms with Crippen molar-refractivity contribution in [2.75, 3.05) is 33.7 Å². The molecule has 210 valence electrons. The molecular formula is C29H56N4O3. The molecule has 0 radical (unpaired) electrons. The van der Waals surface area contributed by atoms with E-state index in [9.17, 15) is 14.4 Å². The lowest BCUT2D eigenvalue weighted by Gasteiger charge is -2.29. The summed E-state index contributed by atoms with van der Waals surface area (Å²) in [7, 11) is 3.90. The van der Waals surface area contributed by atoms with Gasteiger partial charge in [0.25, 0.3) is 0 Å². The van der Waals surface area contributed by atoms with Crippen LogP contribution in [0.5, 0.6) is 0 Å². The molecule has 2 aliphatic rings. The van der Waals surface area contributed by atoms with Crippen molar-refractivity contribution in [3.8, 4) is 0 Å². The first-order chi connectivity index (χ1) is 17.2. The molecule has 0 aromatic rings. The molecule has 1 aliphatic carbocycles. The van der Waals surface area contributed by atoms with Gasteiger partial charge in [-0.3, -0.25) is 14.4 Å². The minimum atomic E-state index is -0.195. The molecule has 1 atom stereocenters. The first kappa shape index (κ1) is 34.1. The van der Waals surface area contributed by atoms with Gasteiger partial charge in [-0.2, -0.15) is 0 Å². The van der Waals surface area contributed by atoms with Gasteiger partial charge in [-0.1, -0.05) is 78.7 Å². The summed E-state index contributed by atoms with van der Waals surface area (Å²) in [5, 5.41) is 5.56. The number of likely N-dealkylation sites (tertiary alicyclic amines) is 1. The van der Waals surface area contributed by atoms with Crippen molar-refractivity contribution < 1.29 is 14.4 Å². The zero-order valence-corrected chi connectivity index (χ0v) is 24.4. The average Bonchev–Trinajstić information content (AvgIpc) is 2.83. The summed E-state index contributed by atoms with van der Waals surface area (Å²) in [6, 6.07) is 0.0545. The van der Waals surface area contributed by atoms with E-state index < -0.39 is 0 Å². The topological polar surface area (TPSA) is 81.8 Å². The van der Waals surface area contributed by atoms with Gasteiger partial charge < -0.3 is 20.4 Å². The number of piperidine rings is 1. The monoisotopic (exact) mass is 508 g/mol. The summed E-state index contributed by atoms with van der Waals surface area (Å²) in [5.74, 6) is -0.0716. The summed E-state index contributed by atoms with van der Waals surface area (Å²) in [6.07, 6.45) is 16.1. The molecule has 7 nitrogen and oxygen atoms in total. The van der Waals surface area contributed by atoms with Gasteiger partial charge in [-0.15, -0.1) is 0 Å². The van der Waals surface area contributed by atoms with Gasteiger partial charge in [0.15, 0.2) is 0 Å². The molecule has 1 unspecified atom stereocenters. The van der Waals surface area contributed by atoms with Crippen LogP contribution in [0.1, 0.15) is 105 Å². The SMILES string of the molecule is C/C(=C\C(C(C)C)N(C)C(=O)CNC=O)C(=O)NC1CCCCCCC1.CCC.CN1CCCCC1. The normalized spacial score (nSPS) is 18.3. The Labute approximate surface area is 221 Å². The number of amides is 3. The Hall–Kier alpha value is -1.89. The summed E-state index contributed by atoms with van der Waals surface area (Å²) < 4.78 is 0. The maximum absolute atomic E-state index is 12.6. The van der Waals surface area contributed by atoms with E-state index in [1.807, 2.05) is 19.9 Å². The van der Waals surface area contributed by atoms with Crippen LogP contribution >= 0.6 is 0 Å². The number of hydrogen-bond acceptors (Lipinski definition) is 4. The number of nitrogens with one attached hydrogen (secondary N) is 2. The molecule has 2 fully saturated rings. The fourth-order valence-electron chi connectivity index (χ4n) is 4.45. The van der Waals surface area contributed by atoms with Crippen molar-refractivity contribution in [3.05, 3.63) is 11.6 Å². The average molecular weight is 509 g/mol. The Kier molecular flexibility index (Phi) is 20.1. The lowest BCUT2D eigenvalue weighted by atomic mass is 9.96. The molecular weight excluding hydrogens is 452 g/mol. The predicted octanol–water partition coefficient (Wildman–Crippen LogP) is 4.91. The van der Waals surface area contributed by atoms with Crippen LogP contribution < -0.4 is 10.6 Å². The molecule has 0 aromatic heterocycles. The highest BCUT2D eigenvalue weighted by Crippen LogP contribution is 2.18. The summed E-state index contributed by atoms with van der Waals surface area (Å²) in [5.41, 5.74) is 0.633. The van der Waals surface area contributed by atoms with Crippen molar-refractivity contribution >= 4 is 18.2 Å². The number of likely N-dealkylation sites (N-methyl/N-ethyl adjacent to an activating group) is 1. The van der Waals surface area contributed by atoms with E-state index in [2.05, 4.69) is 36.4 Å². The zero-order valence-electron chi connectivity index (χ0n) is 24.4. The van der Waals surface area contributed by atoms with Crippen LogP contribution in [-0.4, -0.2) is 73.8 Å². The lowest BCUT2D eigenvalue weighted by molar-refractivity contribution is -0.132. The van der Waals surface area contributed by atoms with Gasteiger partial charge in [0.2, 0.25) is 18.2 Å². The second kappa shape index (κ2) is 21.2. The van der Waals surface area contributed by atoms with Crippen molar-refractivity contribution in [3.63, 3.8) is 0 Å². The Morgan fingerprint density at radius 3 is 1.92 bits per heavy atom. The third-order valence-electron chi connectivity index (χ3n) is 6.66. The highest BCUT2D eigenvalue weighted by atomic mass is 16.2. The maximum atomic E-state index is 12.6. The number of carbonyl (C=O) groups is 3. The minimum absolute atomic E-state index is 0.0373. The second-order valence-electron chi connectivity index (χ2n) is 10.7. The molecule has 2 rings (SSSR count). The van der Waals surface area contributed by atoms with Gasteiger partial charge in [-0.25, -0.2) is 0 Å².